The maximum absolute atomic E-state index is 12.8. The number of hydrogen-bond donors (Lipinski definition) is 3. The van der Waals surface area contributed by atoms with Crippen molar-refractivity contribution in [2.45, 2.75) is 64.2 Å². The van der Waals surface area contributed by atoms with E-state index in [-0.39, 0.29) is 30.7 Å². The van der Waals surface area contributed by atoms with Crippen LogP contribution in [0.15, 0.2) is 18.2 Å². The normalized spacial score (nSPS) is 20.1. The molecule has 150 valence electrons. The summed E-state index contributed by atoms with van der Waals surface area (Å²) in [5.41, 5.74) is 2.44. The molecule has 0 radical (unpaired) electrons. The molecule has 1 aromatic carbocycles. The minimum atomic E-state index is -0.814. The molecule has 3 N–H and O–H groups in total. The molecule has 2 atom stereocenters. The Morgan fingerprint density at radius 2 is 2.14 bits per heavy atom. The van der Waals surface area contributed by atoms with E-state index in [9.17, 15) is 19.2 Å². The van der Waals surface area contributed by atoms with Gasteiger partial charge in [-0.1, -0.05) is 19.1 Å². The fourth-order valence-electron chi connectivity index (χ4n) is 3.82. The summed E-state index contributed by atoms with van der Waals surface area (Å²) in [6.07, 6.45) is 2.03. The highest BCUT2D eigenvalue weighted by molar-refractivity contribution is 6.05. The number of benzene rings is 1. The number of fused-ring (bicyclic) bond motifs is 1. The number of nitrogens with one attached hydrogen (secondary N) is 2. The van der Waals surface area contributed by atoms with Crippen LogP contribution < -0.4 is 10.6 Å². The van der Waals surface area contributed by atoms with Crippen LogP contribution in [-0.4, -0.2) is 45.8 Å². The summed E-state index contributed by atoms with van der Waals surface area (Å²) in [6, 6.07) is 4.97. The molecule has 1 aromatic rings. The first-order valence-electron chi connectivity index (χ1n) is 9.61. The number of carboxylic acids is 1. The van der Waals surface area contributed by atoms with E-state index in [2.05, 4.69) is 10.6 Å². The van der Waals surface area contributed by atoms with Crippen LogP contribution >= 0.6 is 0 Å². The van der Waals surface area contributed by atoms with Gasteiger partial charge in [0.15, 0.2) is 0 Å². The number of carbonyl (C=O) groups is 4. The molecular weight excluding hydrogens is 362 g/mol. The van der Waals surface area contributed by atoms with E-state index in [1.165, 1.54) is 4.90 Å². The molecule has 0 aromatic heterocycles. The molecule has 8 heteroatoms. The molecule has 2 unspecified atom stereocenters. The first-order chi connectivity index (χ1) is 13.4. The molecule has 8 nitrogen and oxygen atoms in total. The van der Waals surface area contributed by atoms with Crippen LogP contribution in [-0.2, 0) is 27.5 Å². The lowest BCUT2D eigenvalue weighted by Crippen LogP contribution is -2.52. The number of piperidine rings is 1. The molecule has 28 heavy (non-hydrogen) atoms. The van der Waals surface area contributed by atoms with E-state index < -0.39 is 17.9 Å². The van der Waals surface area contributed by atoms with E-state index in [0.717, 1.165) is 17.5 Å². The van der Waals surface area contributed by atoms with Crippen LogP contribution in [0.3, 0.4) is 0 Å². The van der Waals surface area contributed by atoms with Gasteiger partial charge in [-0.25, -0.2) is 0 Å². The Kier molecular flexibility index (Phi) is 6.08. The molecule has 3 rings (SSSR count). The first-order valence-corrected chi connectivity index (χ1v) is 9.61. The van der Waals surface area contributed by atoms with Gasteiger partial charge in [-0.15, -0.1) is 0 Å². The van der Waals surface area contributed by atoms with Crippen molar-refractivity contribution in [1.82, 2.24) is 15.5 Å². The quantitative estimate of drug-likeness (QED) is 0.577. The Balaban J connectivity index is 1.70. The largest absolute Gasteiger partial charge is 0.481 e. The summed E-state index contributed by atoms with van der Waals surface area (Å²) in [5, 5.41) is 14.5. The second-order valence-electron chi connectivity index (χ2n) is 7.26. The Morgan fingerprint density at radius 1 is 1.36 bits per heavy atom. The highest BCUT2D eigenvalue weighted by atomic mass is 16.4. The van der Waals surface area contributed by atoms with Gasteiger partial charge in [0.25, 0.3) is 5.91 Å². The second-order valence-corrected chi connectivity index (χ2v) is 7.26. The van der Waals surface area contributed by atoms with Crippen LogP contribution in [0.2, 0.25) is 0 Å². The number of carboxylic acid groups (broad SMARTS) is 1. The van der Waals surface area contributed by atoms with Gasteiger partial charge in [0.05, 0.1) is 0 Å². The first kappa shape index (κ1) is 20.0. The fourth-order valence-corrected chi connectivity index (χ4v) is 3.82. The maximum Gasteiger partial charge on any atom is 0.303 e. The number of amides is 3. The number of carbonyl (C=O) groups excluding carboxylic acids is 3. The molecular formula is C20H25N3O5. The van der Waals surface area contributed by atoms with Crippen molar-refractivity contribution < 1.29 is 24.3 Å². The SMILES string of the molecule is CCC(CCC(=O)O)NCc1cccc2c1CN(C1CCC(=O)NC1=O)C2=O. The van der Waals surface area contributed by atoms with Crippen molar-refractivity contribution in [3.8, 4) is 0 Å². The third-order valence-electron chi connectivity index (χ3n) is 5.46. The molecule has 1 fully saturated rings. The monoisotopic (exact) mass is 387 g/mol. The Hall–Kier alpha value is -2.74. The zero-order valence-electron chi connectivity index (χ0n) is 15.9. The number of hydrogen-bond acceptors (Lipinski definition) is 5. The van der Waals surface area contributed by atoms with Gasteiger partial charge in [-0.3, -0.25) is 24.5 Å². The van der Waals surface area contributed by atoms with Gasteiger partial charge in [-0.05, 0) is 36.5 Å². The van der Waals surface area contributed by atoms with Crippen molar-refractivity contribution >= 4 is 23.7 Å². The number of nitrogens with zero attached hydrogens (tertiary/aromatic N) is 1. The van der Waals surface area contributed by atoms with Gasteiger partial charge in [0.1, 0.15) is 6.04 Å². The summed E-state index contributed by atoms with van der Waals surface area (Å²) in [7, 11) is 0. The lowest BCUT2D eigenvalue weighted by molar-refractivity contribution is -0.138. The standard InChI is InChI=1S/C20H25N3O5/c1-2-13(6-9-18(25)26)21-10-12-4-3-5-14-15(12)11-23(20(14)28)16-7-8-17(24)22-19(16)27/h3-5,13,16,21H,2,6-11H2,1H3,(H,25,26)(H,22,24,27). The molecule has 0 saturated carbocycles. The minimum Gasteiger partial charge on any atom is -0.481 e. The van der Waals surface area contributed by atoms with E-state index in [1.54, 1.807) is 6.07 Å². The van der Waals surface area contributed by atoms with Gasteiger partial charge in [0.2, 0.25) is 11.8 Å². The average Bonchev–Trinajstić information content (AvgIpc) is 2.99. The molecule has 2 aliphatic rings. The van der Waals surface area contributed by atoms with E-state index in [1.807, 2.05) is 19.1 Å². The van der Waals surface area contributed by atoms with E-state index in [4.69, 9.17) is 5.11 Å². The fraction of sp³-hybridized carbons (Fsp3) is 0.500. The van der Waals surface area contributed by atoms with Gasteiger partial charge >= 0.3 is 5.97 Å². The Bertz CT molecular complexity index is 807. The van der Waals surface area contributed by atoms with Crippen LogP contribution in [0.25, 0.3) is 0 Å². The van der Waals surface area contributed by atoms with E-state index >= 15 is 0 Å². The van der Waals surface area contributed by atoms with E-state index in [0.29, 0.717) is 31.5 Å². The average molecular weight is 387 g/mol. The van der Waals surface area contributed by atoms with Crippen LogP contribution in [0.1, 0.15) is 60.5 Å². The Morgan fingerprint density at radius 3 is 2.82 bits per heavy atom. The predicted octanol–water partition coefficient (Wildman–Crippen LogP) is 1.18. The minimum absolute atomic E-state index is 0.0790. The second kappa shape index (κ2) is 8.52. The summed E-state index contributed by atoms with van der Waals surface area (Å²) >= 11 is 0. The topological polar surface area (TPSA) is 116 Å². The van der Waals surface area contributed by atoms with Crippen LogP contribution in [0.5, 0.6) is 0 Å². The molecule has 1 saturated heterocycles. The smallest absolute Gasteiger partial charge is 0.303 e. The van der Waals surface area contributed by atoms with Crippen LogP contribution in [0, 0.1) is 0 Å². The van der Waals surface area contributed by atoms with Crippen molar-refractivity contribution in [3.05, 3.63) is 34.9 Å². The van der Waals surface area contributed by atoms with Crippen molar-refractivity contribution in [2.24, 2.45) is 0 Å². The molecule has 0 bridgehead atoms. The highest BCUT2D eigenvalue weighted by Gasteiger charge is 2.39. The summed E-state index contributed by atoms with van der Waals surface area (Å²) < 4.78 is 0. The van der Waals surface area contributed by atoms with Crippen molar-refractivity contribution in [2.75, 3.05) is 0 Å². The zero-order chi connectivity index (χ0) is 20.3. The number of aliphatic carboxylic acids is 1. The lowest BCUT2D eigenvalue weighted by Gasteiger charge is -2.29. The maximum atomic E-state index is 12.8. The third kappa shape index (κ3) is 4.22. The number of rotatable bonds is 8. The Labute approximate surface area is 163 Å². The predicted molar refractivity (Wildman–Crippen MR) is 100 cm³/mol. The molecule has 2 aliphatic heterocycles. The van der Waals surface area contributed by atoms with Crippen LogP contribution in [0.4, 0.5) is 0 Å². The van der Waals surface area contributed by atoms with Crippen molar-refractivity contribution in [1.29, 1.82) is 0 Å². The molecule has 0 aliphatic carbocycles. The zero-order valence-corrected chi connectivity index (χ0v) is 15.9. The van der Waals surface area contributed by atoms with Gasteiger partial charge in [0, 0.05) is 37.5 Å². The third-order valence-corrected chi connectivity index (χ3v) is 5.46. The van der Waals surface area contributed by atoms with Gasteiger partial charge in [-0.2, -0.15) is 0 Å². The molecule has 2 heterocycles. The van der Waals surface area contributed by atoms with Gasteiger partial charge < -0.3 is 15.3 Å². The highest BCUT2D eigenvalue weighted by Crippen LogP contribution is 2.29. The summed E-state index contributed by atoms with van der Waals surface area (Å²) in [5.74, 6) is -1.73. The molecule has 3 amide bonds. The van der Waals surface area contributed by atoms with Crippen molar-refractivity contribution in [3.63, 3.8) is 0 Å². The summed E-state index contributed by atoms with van der Waals surface area (Å²) in [4.78, 5) is 48.7. The number of imide groups is 1. The molecule has 0 spiro atoms. The summed E-state index contributed by atoms with van der Waals surface area (Å²) in [6.45, 7) is 2.87. The lowest BCUT2D eigenvalue weighted by atomic mass is 10.0.